The van der Waals surface area contributed by atoms with Crippen LogP contribution >= 0.6 is 11.6 Å². The third kappa shape index (κ3) is 3.04. The molecular formula is C17H16ClNO2. The number of ether oxygens (including phenoxy) is 1. The Bertz CT molecular complexity index is 749. The van der Waals surface area contributed by atoms with Crippen LogP contribution in [0, 0.1) is 0 Å². The van der Waals surface area contributed by atoms with Gasteiger partial charge in [-0.05, 0) is 48.4 Å². The molecule has 0 spiro atoms. The van der Waals surface area contributed by atoms with Crippen LogP contribution in [0.1, 0.15) is 17.4 Å². The van der Waals surface area contributed by atoms with Crippen LogP contribution in [0.25, 0.3) is 11.0 Å². The number of hydrogen-bond donors (Lipinski definition) is 1. The summed E-state index contributed by atoms with van der Waals surface area (Å²) in [5.74, 6) is 1.61. The first-order chi connectivity index (χ1) is 10.2. The van der Waals surface area contributed by atoms with Crippen LogP contribution in [-0.4, -0.2) is 7.11 Å². The molecular weight excluding hydrogens is 286 g/mol. The summed E-state index contributed by atoms with van der Waals surface area (Å²) in [5.41, 5.74) is 8.19. The number of benzene rings is 2. The molecule has 2 aromatic carbocycles. The van der Waals surface area contributed by atoms with E-state index in [1.165, 1.54) is 0 Å². The summed E-state index contributed by atoms with van der Waals surface area (Å²) in [5, 5.41) is 1.67. The van der Waals surface area contributed by atoms with Crippen molar-refractivity contribution in [2.24, 2.45) is 5.73 Å². The molecule has 0 amide bonds. The van der Waals surface area contributed by atoms with Gasteiger partial charge >= 0.3 is 0 Å². The second-order valence-corrected chi connectivity index (χ2v) is 5.43. The topological polar surface area (TPSA) is 48.4 Å². The largest absolute Gasteiger partial charge is 0.497 e. The predicted molar refractivity (Wildman–Crippen MR) is 84.9 cm³/mol. The summed E-state index contributed by atoms with van der Waals surface area (Å²) in [6.45, 7) is 0. The Hall–Kier alpha value is -1.97. The summed E-state index contributed by atoms with van der Waals surface area (Å²) in [7, 11) is 1.65. The highest BCUT2D eigenvalue weighted by molar-refractivity contribution is 6.31. The second-order valence-electron chi connectivity index (χ2n) is 4.99. The van der Waals surface area contributed by atoms with Crippen molar-refractivity contribution >= 4 is 22.6 Å². The second kappa shape index (κ2) is 5.80. The van der Waals surface area contributed by atoms with Gasteiger partial charge in [-0.1, -0.05) is 23.7 Å². The molecule has 3 aromatic rings. The van der Waals surface area contributed by atoms with Crippen molar-refractivity contribution < 1.29 is 9.15 Å². The molecule has 0 aliphatic rings. The van der Waals surface area contributed by atoms with Crippen molar-refractivity contribution in [1.82, 2.24) is 0 Å². The molecule has 1 aromatic heterocycles. The minimum absolute atomic E-state index is 0.190. The fourth-order valence-electron chi connectivity index (χ4n) is 2.33. The molecule has 0 fully saturated rings. The lowest BCUT2D eigenvalue weighted by Gasteiger charge is -2.09. The Morgan fingerprint density at radius 3 is 2.62 bits per heavy atom. The number of furan rings is 1. The summed E-state index contributed by atoms with van der Waals surface area (Å²) in [6, 6.07) is 15.2. The molecule has 2 N–H and O–H groups in total. The van der Waals surface area contributed by atoms with Gasteiger partial charge in [-0.15, -0.1) is 0 Å². The fourth-order valence-corrected chi connectivity index (χ4v) is 2.51. The molecule has 0 aliphatic heterocycles. The lowest BCUT2D eigenvalue weighted by Crippen LogP contribution is -2.12. The van der Waals surface area contributed by atoms with Gasteiger partial charge in [0, 0.05) is 10.4 Å². The van der Waals surface area contributed by atoms with Crippen molar-refractivity contribution in [2.75, 3.05) is 7.11 Å². The average molecular weight is 302 g/mol. The van der Waals surface area contributed by atoms with E-state index in [0.29, 0.717) is 11.4 Å². The van der Waals surface area contributed by atoms with E-state index >= 15 is 0 Å². The molecule has 4 heteroatoms. The number of fused-ring (bicyclic) bond motifs is 1. The van der Waals surface area contributed by atoms with Crippen LogP contribution in [-0.2, 0) is 6.42 Å². The first kappa shape index (κ1) is 14.0. The van der Waals surface area contributed by atoms with Crippen molar-refractivity contribution in [2.45, 2.75) is 12.5 Å². The monoisotopic (exact) mass is 301 g/mol. The van der Waals surface area contributed by atoms with E-state index in [4.69, 9.17) is 26.5 Å². The Morgan fingerprint density at radius 1 is 1.14 bits per heavy atom. The molecule has 108 valence electrons. The van der Waals surface area contributed by atoms with E-state index in [0.717, 1.165) is 28.0 Å². The van der Waals surface area contributed by atoms with Crippen LogP contribution in [0.4, 0.5) is 0 Å². The molecule has 3 rings (SSSR count). The Labute approximate surface area is 128 Å². The highest BCUT2D eigenvalue weighted by Gasteiger charge is 2.13. The Kier molecular flexibility index (Phi) is 3.86. The zero-order chi connectivity index (χ0) is 14.8. The zero-order valence-electron chi connectivity index (χ0n) is 11.7. The summed E-state index contributed by atoms with van der Waals surface area (Å²) < 4.78 is 10.9. The number of methoxy groups -OCH3 is 1. The van der Waals surface area contributed by atoms with E-state index in [-0.39, 0.29) is 6.04 Å². The minimum Gasteiger partial charge on any atom is -0.497 e. The lowest BCUT2D eigenvalue weighted by molar-refractivity contribution is 0.414. The van der Waals surface area contributed by atoms with E-state index in [1.54, 1.807) is 7.11 Å². The van der Waals surface area contributed by atoms with E-state index in [2.05, 4.69) is 0 Å². The maximum Gasteiger partial charge on any atom is 0.134 e. The molecule has 0 saturated heterocycles. The summed E-state index contributed by atoms with van der Waals surface area (Å²) in [4.78, 5) is 0. The Morgan fingerprint density at radius 2 is 1.90 bits per heavy atom. The zero-order valence-corrected chi connectivity index (χ0v) is 12.4. The molecule has 1 heterocycles. The number of halogens is 1. The van der Waals surface area contributed by atoms with Crippen molar-refractivity contribution in [3.8, 4) is 5.75 Å². The van der Waals surface area contributed by atoms with Crippen molar-refractivity contribution in [3.05, 3.63) is 64.9 Å². The Balaban J connectivity index is 1.80. The quantitative estimate of drug-likeness (QED) is 0.780. The molecule has 0 radical (unpaired) electrons. The fraction of sp³-hybridized carbons (Fsp3) is 0.176. The molecule has 3 nitrogen and oxygen atoms in total. The molecule has 1 atom stereocenters. The maximum atomic E-state index is 6.24. The van der Waals surface area contributed by atoms with Crippen LogP contribution in [0.2, 0.25) is 5.02 Å². The van der Waals surface area contributed by atoms with Crippen LogP contribution in [0.15, 0.2) is 52.9 Å². The van der Waals surface area contributed by atoms with Gasteiger partial charge in [0.1, 0.15) is 17.1 Å². The van der Waals surface area contributed by atoms with E-state index in [9.17, 15) is 0 Å². The normalized spacial score (nSPS) is 12.5. The van der Waals surface area contributed by atoms with Gasteiger partial charge in [0.15, 0.2) is 0 Å². The lowest BCUT2D eigenvalue weighted by atomic mass is 10.0. The number of hydrogen-bond acceptors (Lipinski definition) is 3. The average Bonchev–Trinajstić information content (AvgIpc) is 2.91. The standard InChI is InChI=1S/C17H16ClNO2/c1-20-14-5-2-11(3-6-14)8-15(19)17-10-12-9-13(18)4-7-16(12)21-17/h2-7,9-10,15H,8,19H2,1H3. The first-order valence-corrected chi connectivity index (χ1v) is 7.11. The van der Waals surface area contributed by atoms with E-state index < -0.39 is 0 Å². The third-order valence-corrected chi connectivity index (χ3v) is 3.71. The predicted octanol–water partition coefficient (Wildman–Crippen LogP) is 4.34. The van der Waals surface area contributed by atoms with Gasteiger partial charge in [-0.25, -0.2) is 0 Å². The molecule has 21 heavy (non-hydrogen) atoms. The maximum absolute atomic E-state index is 6.24. The smallest absolute Gasteiger partial charge is 0.134 e. The first-order valence-electron chi connectivity index (χ1n) is 6.73. The third-order valence-electron chi connectivity index (χ3n) is 3.48. The van der Waals surface area contributed by atoms with Crippen LogP contribution in [0.3, 0.4) is 0 Å². The van der Waals surface area contributed by atoms with Gasteiger partial charge in [0.25, 0.3) is 0 Å². The highest BCUT2D eigenvalue weighted by Crippen LogP contribution is 2.27. The van der Waals surface area contributed by atoms with E-state index in [1.807, 2.05) is 48.5 Å². The SMILES string of the molecule is COc1ccc(CC(N)c2cc3cc(Cl)ccc3o2)cc1. The summed E-state index contributed by atoms with van der Waals surface area (Å²) >= 11 is 5.98. The van der Waals surface area contributed by atoms with Crippen molar-refractivity contribution in [1.29, 1.82) is 0 Å². The number of nitrogens with two attached hydrogens (primary N) is 1. The van der Waals surface area contributed by atoms with Gasteiger partial charge in [0.05, 0.1) is 13.2 Å². The molecule has 0 saturated carbocycles. The van der Waals surface area contributed by atoms with Crippen LogP contribution < -0.4 is 10.5 Å². The highest BCUT2D eigenvalue weighted by atomic mass is 35.5. The minimum atomic E-state index is -0.190. The van der Waals surface area contributed by atoms with Gasteiger partial charge in [0.2, 0.25) is 0 Å². The number of rotatable bonds is 4. The molecule has 1 unspecified atom stereocenters. The van der Waals surface area contributed by atoms with Gasteiger partial charge < -0.3 is 14.9 Å². The van der Waals surface area contributed by atoms with Crippen LogP contribution in [0.5, 0.6) is 5.75 Å². The van der Waals surface area contributed by atoms with Crippen molar-refractivity contribution in [3.63, 3.8) is 0 Å². The van der Waals surface area contributed by atoms with Gasteiger partial charge in [-0.2, -0.15) is 0 Å². The molecule has 0 aliphatic carbocycles. The summed E-state index contributed by atoms with van der Waals surface area (Å²) in [6.07, 6.45) is 0.706. The van der Waals surface area contributed by atoms with Gasteiger partial charge in [-0.3, -0.25) is 0 Å². The molecule has 0 bridgehead atoms.